The van der Waals surface area contributed by atoms with Gasteiger partial charge in [0.2, 0.25) is 10.0 Å². The summed E-state index contributed by atoms with van der Waals surface area (Å²) in [6, 6.07) is 3.79. The lowest BCUT2D eigenvalue weighted by atomic mass is 10.1. The summed E-state index contributed by atoms with van der Waals surface area (Å²) in [6.45, 7) is 3.61. The van der Waals surface area contributed by atoms with E-state index in [0.29, 0.717) is 0 Å². The van der Waals surface area contributed by atoms with Crippen LogP contribution in [-0.2, 0) is 14.8 Å². The summed E-state index contributed by atoms with van der Waals surface area (Å²) < 4.78 is 44.6. The predicted molar refractivity (Wildman–Crippen MR) is 75.9 cm³/mol. The van der Waals surface area contributed by atoms with Crippen LogP contribution in [0, 0.1) is 11.2 Å². The van der Waals surface area contributed by atoms with Gasteiger partial charge in [-0.2, -0.15) is 0 Å². The quantitative estimate of drug-likeness (QED) is 0.521. The lowest BCUT2D eigenvalue weighted by Crippen LogP contribution is -2.24. The van der Waals surface area contributed by atoms with Gasteiger partial charge in [0.1, 0.15) is 11.7 Å². The number of nitrogen functional groups attached to an aromatic ring is 1. The van der Waals surface area contributed by atoms with Crippen LogP contribution in [0.4, 0.5) is 10.1 Å². The van der Waals surface area contributed by atoms with E-state index in [0.717, 1.165) is 6.07 Å². The third-order valence-corrected chi connectivity index (χ3v) is 3.59. The Balaban J connectivity index is 2.87. The minimum atomic E-state index is -3.70. The first kappa shape index (κ1) is 16.4. The molecule has 0 spiro atoms. The van der Waals surface area contributed by atoms with Gasteiger partial charge in [0, 0.05) is 0 Å². The van der Waals surface area contributed by atoms with Crippen molar-refractivity contribution in [1.82, 2.24) is 0 Å². The molecule has 0 fully saturated rings. The van der Waals surface area contributed by atoms with Crippen LogP contribution in [0.5, 0.6) is 0 Å². The van der Waals surface area contributed by atoms with E-state index in [1.165, 1.54) is 12.1 Å². The highest BCUT2D eigenvalue weighted by molar-refractivity contribution is 7.92. The maximum absolute atomic E-state index is 13.6. The maximum Gasteiger partial charge on any atom is 0.235 e. The molecule has 0 amide bonds. The zero-order valence-electron chi connectivity index (χ0n) is 11.3. The van der Waals surface area contributed by atoms with E-state index < -0.39 is 21.7 Å². The molecule has 0 aliphatic heterocycles. The Labute approximate surface area is 117 Å². The monoisotopic (exact) mass is 303 g/mol. The summed E-state index contributed by atoms with van der Waals surface area (Å²) >= 11 is 0. The molecular weight excluding hydrogens is 285 g/mol. The SMILES string of the molecule is CC(C)OCCS(=O)(=O)Nc1cccc(F)c1C(=N)N. The van der Waals surface area contributed by atoms with Crippen molar-refractivity contribution < 1.29 is 17.5 Å². The fourth-order valence-electron chi connectivity index (χ4n) is 1.50. The number of nitrogens with one attached hydrogen (secondary N) is 2. The van der Waals surface area contributed by atoms with Crippen LogP contribution in [0.1, 0.15) is 19.4 Å². The van der Waals surface area contributed by atoms with Gasteiger partial charge in [0.15, 0.2) is 0 Å². The van der Waals surface area contributed by atoms with Crippen LogP contribution < -0.4 is 10.5 Å². The molecule has 0 saturated heterocycles. The summed E-state index contributed by atoms with van der Waals surface area (Å²) in [4.78, 5) is 0. The van der Waals surface area contributed by atoms with Gasteiger partial charge in [-0.05, 0) is 26.0 Å². The van der Waals surface area contributed by atoms with Gasteiger partial charge in [-0.1, -0.05) is 6.07 Å². The number of rotatable bonds is 7. The van der Waals surface area contributed by atoms with Crippen LogP contribution in [0.25, 0.3) is 0 Å². The molecule has 0 saturated carbocycles. The molecule has 20 heavy (non-hydrogen) atoms. The summed E-state index contributed by atoms with van der Waals surface area (Å²) in [5, 5.41) is 7.30. The van der Waals surface area contributed by atoms with E-state index in [1.807, 2.05) is 0 Å². The lowest BCUT2D eigenvalue weighted by molar-refractivity contribution is 0.0913. The molecule has 112 valence electrons. The first-order chi connectivity index (χ1) is 9.23. The van der Waals surface area contributed by atoms with Gasteiger partial charge in [-0.25, -0.2) is 12.8 Å². The molecular formula is C12H18FN3O3S. The molecule has 4 N–H and O–H groups in total. The second kappa shape index (κ2) is 6.67. The number of nitrogens with two attached hydrogens (primary N) is 1. The maximum atomic E-state index is 13.6. The molecule has 1 aromatic rings. The number of ether oxygens (including phenoxy) is 1. The Bertz CT molecular complexity index is 588. The average Bonchev–Trinajstić information content (AvgIpc) is 2.26. The second-order valence-corrected chi connectivity index (χ2v) is 6.26. The average molecular weight is 303 g/mol. The normalized spacial score (nSPS) is 11.6. The first-order valence-corrected chi connectivity index (χ1v) is 7.63. The van der Waals surface area contributed by atoms with Gasteiger partial charge < -0.3 is 10.5 Å². The molecule has 0 aromatic heterocycles. The van der Waals surface area contributed by atoms with Crippen LogP contribution in [0.2, 0.25) is 0 Å². The first-order valence-electron chi connectivity index (χ1n) is 5.98. The van der Waals surface area contributed by atoms with Crippen molar-refractivity contribution in [1.29, 1.82) is 5.41 Å². The topological polar surface area (TPSA) is 105 Å². The van der Waals surface area contributed by atoms with Gasteiger partial charge in [-0.15, -0.1) is 0 Å². The molecule has 0 heterocycles. The van der Waals surface area contributed by atoms with Crippen molar-refractivity contribution in [2.45, 2.75) is 20.0 Å². The van der Waals surface area contributed by atoms with Gasteiger partial charge in [-0.3, -0.25) is 10.1 Å². The molecule has 0 unspecified atom stereocenters. The van der Waals surface area contributed by atoms with E-state index >= 15 is 0 Å². The zero-order valence-corrected chi connectivity index (χ0v) is 12.1. The highest BCUT2D eigenvalue weighted by Gasteiger charge is 2.17. The molecule has 1 aromatic carbocycles. The van der Waals surface area contributed by atoms with Gasteiger partial charge in [0.05, 0.1) is 29.7 Å². The van der Waals surface area contributed by atoms with Gasteiger partial charge in [0.25, 0.3) is 0 Å². The fraction of sp³-hybridized carbons (Fsp3) is 0.417. The summed E-state index contributed by atoms with van der Waals surface area (Å²) in [7, 11) is -3.70. The van der Waals surface area contributed by atoms with E-state index in [1.54, 1.807) is 13.8 Å². The van der Waals surface area contributed by atoms with Crippen molar-refractivity contribution in [2.75, 3.05) is 17.1 Å². The number of halogens is 1. The highest BCUT2D eigenvalue weighted by Crippen LogP contribution is 2.19. The Hall–Kier alpha value is -1.67. The van der Waals surface area contributed by atoms with E-state index in [2.05, 4.69) is 4.72 Å². The molecule has 0 atom stereocenters. The van der Waals surface area contributed by atoms with Crippen LogP contribution >= 0.6 is 0 Å². The van der Waals surface area contributed by atoms with Crippen LogP contribution in [0.3, 0.4) is 0 Å². The molecule has 0 aliphatic carbocycles. The highest BCUT2D eigenvalue weighted by atomic mass is 32.2. The summed E-state index contributed by atoms with van der Waals surface area (Å²) in [5.41, 5.74) is 4.94. The van der Waals surface area contributed by atoms with Crippen molar-refractivity contribution >= 4 is 21.5 Å². The van der Waals surface area contributed by atoms with Crippen molar-refractivity contribution in [3.63, 3.8) is 0 Å². The van der Waals surface area contributed by atoms with Gasteiger partial charge >= 0.3 is 0 Å². The lowest BCUT2D eigenvalue weighted by Gasteiger charge is -2.13. The summed E-state index contributed by atoms with van der Waals surface area (Å²) in [6.07, 6.45) is -0.0767. The fourth-order valence-corrected chi connectivity index (χ4v) is 2.42. The molecule has 0 aliphatic rings. The molecule has 1 rings (SSSR count). The second-order valence-electron chi connectivity index (χ2n) is 4.42. The van der Waals surface area contributed by atoms with E-state index in [-0.39, 0.29) is 29.7 Å². The minimum absolute atomic E-state index is 0.0255. The predicted octanol–water partition coefficient (Wildman–Crippen LogP) is 1.28. The smallest absolute Gasteiger partial charge is 0.235 e. The van der Waals surface area contributed by atoms with E-state index in [9.17, 15) is 12.8 Å². The third kappa shape index (κ3) is 4.78. The molecule has 0 bridgehead atoms. The Morgan fingerprint density at radius 1 is 1.50 bits per heavy atom. The number of anilines is 1. The number of benzene rings is 1. The van der Waals surface area contributed by atoms with E-state index in [4.69, 9.17) is 15.9 Å². The zero-order chi connectivity index (χ0) is 15.3. The Morgan fingerprint density at radius 3 is 2.70 bits per heavy atom. The minimum Gasteiger partial charge on any atom is -0.384 e. The van der Waals surface area contributed by atoms with Crippen molar-refractivity contribution in [3.8, 4) is 0 Å². The largest absolute Gasteiger partial charge is 0.384 e. The molecule has 6 nitrogen and oxygen atoms in total. The third-order valence-electron chi connectivity index (χ3n) is 2.35. The molecule has 0 radical (unpaired) electrons. The standard InChI is InChI=1S/C12H18FN3O3S/c1-8(2)19-6-7-20(17,18)16-10-5-3-4-9(13)11(10)12(14)15/h3-5,8,16H,6-7H2,1-2H3,(H3,14,15). The number of sulfonamides is 1. The summed E-state index contributed by atoms with van der Waals surface area (Å²) in [5.74, 6) is -1.56. The number of hydrogen-bond donors (Lipinski definition) is 3. The number of amidine groups is 1. The van der Waals surface area contributed by atoms with Crippen molar-refractivity contribution in [3.05, 3.63) is 29.6 Å². The van der Waals surface area contributed by atoms with Crippen molar-refractivity contribution in [2.24, 2.45) is 5.73 Å². The van der Waals surface area contributed by atoms with Crippen LogP contribution in [0.15, 0.2) is 18.2 Å². The number of hydrogen-bond acceptors (Lipinski definition) is 4. The Morgan fingerprint density at radius 2 is 2.15 bits per heavy atom. The molecule has 8 heteroatoms. The Kier molecular flexibility index (Phi) is 5.46. The van der Waals surface area contributed by atoms with Crippen LogP contribution in [-0.4, -0.2) is 32.7 Å².